The first-order valence-corrected chi connectivity index (χ1v) is 9.40. The number of nitrogens with zero attached hydrogens (tertiary/aromatic N) is 5. The predicted molar refractivity (Wildman–Crippen MR) is 98.9 cm³/mol. The molecule has 9 nitrogen and oxygen atoms in total. The molecule has 1 spiro atoms. The lowest BCUT2D eigenvalue weighted by Crippen LogP contribution is -2.57. The molecule has 148 valence electrons. The average Bonchev–Trinajstić information content (AvgIpc) is 3.15. The Morgan fingerprint density at radius 1 is 1.26 bits per heavy atom. The minimum absolute atomic E-state index is 0.151. The van der Waals surface area contributed by atoms with Crippen molar-refractivity contribution >= 4 is 18.0 Å². The molecular weight excluding hydrogens is 348 g/mol. The van der Waals surface area contributed by atoms with Gasteiger partial charge in [0.1, 0.15) is 11.4 Å². The van der Waals surface area contributed by atoms with E-state index in [0.717, 1.165) is 18.7 Å². The molecule has 9 heteroatoms. The van der Waals surface area contributed by atoms with Gasteiger partial charge in [-0.3, -0.25) is 9.69 Å². The van der Waals surface area contributed by atoms with Crippen LogP contribution in [0.25, 0.3) is 0 Å². The van der Waals surface area contributed by atoms with Crippen molar-refractivity contribution in [2.45, 2.75) is 44.2 Å². The van der Waals surface area contributed by atoms with Crippen molar-refractivity contribution in [1.29, 1.82) is 0 Å². The molecule has 3 heterocycles. The van der Waals surface area contributed by atoms with Gasteiger partial charge < -0.3 is 19.7 Å². The number of imide groups is 1. The highest BCUT2D eigenvalue weighted by Gasteiger charge is 2.55. The number of aromatic nitrogens is 2. The van der Waals surface area contributed by atoms with Gasteiger partial charge >= 0.3 is 12.1 Å². The van der Waals surface area contributed by atoms with Crippen LogP contribution in [-0.4, -0.2) is 74.9 Å². The van der Waals surface area contributed by atoms with Crippen molar-refractivity contribution in [3.63, 3.8) is 0 Å². The summed E-state index contributed by atoms with van der Waals surface area (Å²) >= 11 is 0. The first-order valence-electron chi connectivity index (χ1n) is 9.40. The summed E-state index contributed by atoms with van der Waals surface area (Å²) in [5.41, 5.74) is -0.814. The van der Waals surface area contributed by atoms with Gasteiger partial charge in [-0.15, -0.1) is 0 Å². The van der Waals surface area contributed by atoms with Gasteiger partial charge in [-0.2, -0.15) is 0 Å². The standard InChI is InChI=1S/C18H28N6O3/c1-5-6-13(14-19-9-12-21(14)2)20-16(26)24-10-7-18(8-11-24)15(25)22(3)17(27)23(18)4/h9,12-13H,5-8,10-11H2,1-4H3,(H,20,26)/t13-/m0/s1. The molecule has 1 atom stereocenters. The molecule has 0 radical (unpaired) electrons. The van der Waals surface area contributed by atoms with Gasteiger partial charge in [-0.1, -0.05) is 13.3 Å². The highest BCUT2D eigenvalue weighted by molar-refractivity contribution is 6.06. The molecule has 0 aromatic carbocycles. The van der Waals surface area contributed by atoms with Gasteiger partial charge in [-0.05, 0) is 19.3 Å². The molecular formula is C18H28N6O3. The topological polar surface area (TPSA) is 90.8 Å². The van der Waals surface area contributed by atoms with Crippen molar-refractivity contribution < 1.29 is 14.4 Å². The number of piperidine rings is 1. The van der Waals surface area contributed by atoms with E-state index in [1.54, 1.807) is 18.1 Å². The molecule has 27 heavy (non-hydrogen) atoms. The third kappa shape index (κ3) is 3.15. The molecule has 0 saturated carbocycles. The van der Waals surface area contributed by atoms with Crippen LogP contribution >= 0.6 is 0 Å². The minimum atomic E-state index is -0.814. The zero-order valence-corrected chi connectivity index (χ0v) is 16.4. The van der Waals surface area contributed by atoms with E-state index in [1.807, 2.05) is 17.8 Å². The molecule has 1 aromatic heterocycles. The number of imidazole rings is 1. The number of amides is 5. The van der Waals surface area contributed by atoms with E-state index in [1.165, 1.54) is 16.8 Å². The lowest BCUT2D eigenvalue weighted by molar-refractivity contribution is -0.134. The van der Waals surface area contributed by atoms with Crippen LogP contribution in [0.5, 0.6) is 0 Å². The average molecular weight is 376 g/mol. The Hall–Kier alpha value is -2.58. The van der Waals surface area contributed by atoms with Crippen LogP contribution in [0.3, 0.4) is 0 Å². The monoisotopic (exact) mass is 376 g/mol. The summed E-state index contributed by atoms with van der Waals surface area (Å²) in [5.74, 6) is 0.656. The van der Waals surface area contributed by atoms with Crippen LogP contribution in [0.15, 0.2) is 12.4 Å². The van der Waals surface area contributed by atoms with Gasteiger partial charge in [-0.25, -0.2) is 14.6 Å². The number of likely N-dealkylation sites (tertiary alicyclic amines) is 1. The summed E-state index contributed by atoms with van der Waals surface area (Å²) in [6, 6.07) is -0.586. The highest BCUT2D eigenvalue weighted by atomic mass is 16.2. The number of likely N-dealkylation sites (N-methyl/N-ethyl adjacent to an activating group) is 2. The zero-order chi connectivity index (χ0) is 19.8. The van der Waals surface area contributed by atoms with Gasteiger partial charge in [0, 0.05) is 46.6 Å². The maximum atomic E-state index is 12.8. The number of aryl methyl sites for hydroxylation is 1. The van der Waals surface area contributed by atoms with Crippen molar-refractivity contribution in [2.24, 2.45) is 7.05 Å². The number of hydrogen-bond donors (Lipinski definition) is 1. The zero-order valence-electron chi connectivity index (χ0n) is 16.4. The number of carbonyl (C=O) groups excluding carboxylic acids is 3. The Balaban J connectivity index is 1.65. The second-order valence-corrected chi connectivity index (χ2v) is 7.41. The number of rotatable bonds is 4. The maximum Gasteiger partial charge on any atom is 0.327 e. The fourth-order valence-electron chi connectivity index (χ4n) is 4.09. The SMILES string of the molecule is CCC[C@H](NC(=O)N1CCC2(CC1)C(=O)N(C)C(=O)N2C)c1nccn1C. The summed E-state index contributed by atoms with van der Waals surface area (Å²) in [6.45, 7) is 2.94. The van der Waals surface area contributed by atoms with Gasteiger partial charge in [0.2, 0.25) is 0 Å². The maximum absolute atomic E-state index is 12.8. The van der Waals surface area contributed by atoms with Gasteiger partial charge in [0.05, 0.1) is 6.04 Å². The number of urea groups is 2. The van der Waals surface area contributed by atoms with E-state index in [0.29, 0.717) is 25.9 Å². The summed E-state index contributed by atoms with van der Waals surface area (Å²) in [5, 5.41) is 3.08. The van der Waals surface area contributed by atoms with Crippen molar-refractivity contribution in [3.05, 3.63) is 18.2 Å². The Kier molecular flexibility index (Phi) is 5.12. The Bertz CT molecular complexity index is 737. The summed E-state index contributed by atoms with van der Waals surface area (Å²) in [4.78, 5) is 46.3. The number of carbonyl (C=O) groups is 3. The fourth-order valence-corrected chi connectivity index (χ4v) is 4.09. The van der Waals surface area contributed by atoms with Crippen molar-refractivity contribution in [3.8, 4) is 0 Å². The van der Waals surface area contributed by atoms with Crippen LogP contribution in [0, 0.1) is 0 Å². The number of nitrogens with one attached hydrogen (secondary N) is 1. The molecule has 0 unspecified atom stereocenters. The molecule has 2 saturated heterocycles. The number of hydrogen-bond acceptors (Lipinski definition) is 4. The van der Waals surface area contributed by atoms with E-state index in [9.17, 15) is 14.4 Å². The molecule has 0 bridgehead atoms. The normalized spacial score (nSPS) is 20.5. The van der Waals surface area contributed by atoms with E-state index in [-0.39, 0.29) is 24.0 Å². The molecule has 2 fully saturated rings. The molecule has 1 N–H and O–H groups in total. The van der Waals surface area contributed by atoms with Crippen molar-refractivity contribution in [1.82, 2.24) is 29.6 Å². The first-order chi connectivity index (χ1) is 12.8. The Morgan fingerprint density at radius 3 is 2.41 bits per heavy atom. The third-order valence-corrected chi connectivity index (χ3v) is 5.84. The van der Waals surface area contributed by atoms with E-state index in [4.69, 9.17) is 0 Å². The second kappa shape index (κ2) is 7.21. The van der Waals surface area contributed by atoms with Crippen LogP contribution in [0.1, 0.15) is 44.5 Å². The van der Waals surface area contributed by atoms with Crippen molar-refractivity contribution in [2.75, 3.05) is 27.2 Å². The van der Waals surface area contributed by atoms with Crippen LogP contribution in [0.2, 0.25) is 0 Å². The second-order valence-electron chi connectivity index (χ2n) is 7.41. The van der Waals surface area contributed by atoms with E-state index >= 15 is 0 Å². The summed E-state index contributed by atoms with van der Waals surface area (Å²) in [7, 11) is 5.09. The fraction of sp³-hybridized carbons (Fsp3) is 0.667. The lowest BCUT2D eigenvalue weighted by atomic mass is 9.86. The largest absolute Gasteiger partial charge is 0.336 e. The molecule has 2 aliphatic rings. The molecule has 0 aliphatic carbocycles. The lowest BCUT2D eigenvalue weighted by Gasteiger charge is -2.41. The third-order valence-electron chi connectivity index (χ3n) is 5.84. The minimum Gasteiger partial charge on any atom is -0.336 e. The highest BCUT2D eigenvalue weighted by Crippen LogP contribution is 2.35. The van der Waals surface area contributed by atoms with Crippen LogP contribution < -0.4 is 5.32 Å². The molecule has 1 aromatic rings. The quantitative estimate of drug-likeness (QED) is 0.803. The summed E-state index contributed by atoms with van der Waals surface area (Å²) < 4.78 is 1.92. The van der Waals surface area contributed by atoms with E-state index < -0.39 is 5.54 Å². The van der Waals surface area contributed by atoms with E-state index in [2.05, 4.69) is 17.2 Å². The Labute approximate surface area is 159 Å². The molecule has 5 amide bonds. The smallest absolute Gasteiger partial charge is 0.327 e. The van der Waals surface area contributed by atoms with Crippen LogP contribution in [-0.2, 0) is 11.8 Å². The first kappa shape index (κ1) is 19.2. The Morgan fingerprint density at radius 2 is 1.93 bits per heavy atom. The molecule has 3 rings (SSSR count). The van der Waals surface area contributed by atoms with Crippen LogP contribution in [0.4, 0.5) is 9.59 Å². The predicted octanol–water partition coefficient (Wildman–Crippen LogP) is 1.33. The summed E-state index contributed by atoms with van der Waals surface area (Å²) in [6.07, 6.45) is 6.22. The van der Waals surface area contributed by atoms with Gasteiger partial charge in [0.25, 0.3) is 5.91 Å². The van der Waals surface area contributed by atoms with Gasteiger partial charge in [0.15, 0.2) is 0 Å². The molecule has 2 aliphatic heterocycles.